The molecule has 5 N–H and O–H groups in total. The van der Waals surface area contributed by atoms with Gasteiger partial charge in [0.2, 0.25) is 11.8 Å². The van der Waals surface area contributed by atoms with Crippen molar-refractivity contribution in [2.45, 2.75) is 49.9 Å². The predicted molar refractivity (Wildman–Crippen MR) is 326 cm³/mol. The SMILES string of the molecule is COC(=O)COCCOCCOCCOCCOCCOc1cc(N2C3CCC2CN(c2cc(Cl)nnc2N)C3)ccn1.COC(=O)COCCOCCOCCOCCOCCOc1cc(N2C3CCC2CNC3)ccn1.Nc1cc(Br)c(Cl)nn1. The van der Waals surface area contributed by atoms with Crippen LogP contribution in [0.4, 0.5) is 28.7 Å². The standard InChI is InChI=1S/C28H41ClN6O8.C24H39N3O8.C4H3BrClN3/c1-37-27(36)20-42-13-12-40-9-8-38-6-7-39-10-11-41-14-15-43-26-16-21(4-5-31-26)35-22-2-3-23(35)19-34(18-22)24-17-25(29)32-33-28(24)30;1-29-24(28)19-34-13-12-32-9-8-30-6-7-31-10-11-33-14-15-35-23-16-20(4-5-26-23)27-21-2-3-22(27)18-25-17-21;5-2-1-3(7)8-9-4(2)6/h4-5,16-17,22-23H,2-3,6-15,18-20H2,1H3,(H2,30,33);4-5,16,21-22,25H,2-3,6-15,17-19H2,1H3;1H,(H2,7,8). The van der Waals surface area contributed by atoms with Crippen molar-refractivity contribution < 1.29 is 75.9 Å². The van der Waals surface area contributed by atoms with Gasteiger partial charge in [-0.05, 0) is 59.8 Å². The minimum Gasteiger partial charge on any atom is -0.475 e. The molecule has 8 heterocycles. The molecule has 31 heteroatoms. The van der Waals surface area contributed by atoms with Gasteiger partial charge in [-0.15, -0.1) is 20.4 Å². The fourth-order valence-electron chi connectivity index (χ4n) is 9.59. The Labute approximate surface area is 526 Å². The van der Waals surface area contributed by atoms with Crippen LogP contribution in [-0.2, 0) is 66.4 Å². The molecule has 4 aliphatic rings. The van der Waals surface area contributed by atoms with Crippen molar-refractivity contribution in [2.24, 2.45) is 0 Å². The second-order valence-corrected chi connectivity index (χ2v) is 21.2. The van der Waals surface area contributed by atoms with Crippen molar-refractivity contribution in [3.8, 4) is 11.8 Å². The van der Waals surface area contributed by atoms with Crippen LogP contribution in [-0.4, -0.2) is 252 Å². The van der Waals surface area contributed by atoms with Gasteiger partial charge in [0.15, 0.2) is 16.1 Å². The minimum absolute atomic E-state index is 0.0622. The number of esters is 2. The fraction of sp³-hybridized carbons (Fsp3) is 0.643. The van der Waals surface area contributed by atoms with Gasteiger partial charge in [0.25, 0.3) is 0 Å². The Morgan fingerprint density at radius 1 is 0.529 bits per heavy atom. The lowest BCUT2D eigenvalue weighted by atomic mass is 10.1. The highest BCUT2D eigenvalue weighted by atomic mass is 79.9. The lowest BCUT2D eigenvalue weighted by Gasteiger charge is -2.43. The lowest BCUT2D eigenvalue weighted by Crippen LogP contribution is -2.54. The van der Waals surface area contributed by atoms with Crippen LogP contribution in [0.2, 0.25) is 10.3 Å². The number of halogens is 3. The number of nitrogen functional groups attached to an aromatic ring is 2. The lowest BCUT2D eigenvalue weighted by molar-refractivity contribution is -0.147. The number of piperazine rings is 2. The smallest absolute Gasteiger partial charge is 0.331 e. The molecule has 0 amide bonds. The van der Waals surface area contributed by atoms with Crippen molar-refractivity contribution in [2.75, 3.05) is 212 Å². The van der Waals surface area contributed by atoms with E-state index in [-0.39, 0.29) is 13.2 Å². The van der Waals surface area contributed by atoms with E-state index < -0.39 is 11.9 Å². The molecule has 8 rings (SSSR count). The zero-order valence-corrected chi connectivity index (χ0v) is 52.6. The number of nitrogens with zero attached hydrogens (tertiary/aromatic N) is 9. The molecule has 4 saturated heterocycles. The third-order valence-corrected chi connectivity index (χ3v) is 14.9. The molecule has 484 valence electrons. The largest absolute Gasteiger partial charge is 0.475 e. The first kappa shape index (κ1) is 70.7. The van der Waals surface area contributed by atoms with Crippen LogP contribution >= 0.6 is 39.1 Å². The maximum atomic E-state index is 10.9. The summed E-state index contributed by atoms with van der Waals surface area (Å²) in [7, 11) is 2.64. The van der Waals surface area contributed by atoms with Gasteiger partial charge >= 0.3 is 11.9 Å². The Morgan fingerprint density at radius 3 is 1.32 bits per heavy atom. The van der Waals surface area contributed by atoms with Gasteiger partial charge in [-0.1, -0.05) is 23.2 Å². The van der Waals surface area contributed by atoms with E-state index in [1.165, 1.54) is 32.7 Å². The number of ether oxygens (including phenoxy) is 14. The second-order valence-electron chi connectivity index (χ2n) is 19.6. The number of carbonyl (C=O) groups excluding carboxylic acids is 2. The van der Waals surface area contributed by atoms with Crippen LogP contribution in [0, 0.1) is 0 Å². The molecule has 4 aliphatic heterocycles. The van der Waals surface area contributed by atoms with E-state index in [1.54, 1.807) is 18.3 Å². The Kier molecular flexibility index (Phi) is 33.9. The van der Waals surface area contributed by atoms with E-state index in [0.29, 0.717) is 194 Å². The first-order chi connectivity index (χ1) is 42.5. The van der Waals surface area contributed by atoms with Crippen molar-refractivity contribution >= 4 is 79.8 Å². The number of aromatic nitrogens is 6. The molecule has 4 fully saturated rings. The minimum atomic E-state index is -0.409. The van der Waals surface area contributed by atoms with E-state index in [0.717, 1.165) is 50.4 Å². The molecule has 0 saturated carbocycles. The monoisotopic (exact) mass is 1330 g/mol. The molecule has 4 aromatic heterocycles. The summed E-state index contributed by atoms with van der Waals surface area (Å²) in [5.74, 6) is 1.15. The van der Waals surface area contributed by atoms with Crippen molar-refractivity contribution in [3.63, 3.8) is 0 Å². The van der Waals surface area contributed by atoms with E-state index in [2.05, 4.69) is 81.8 Å². The van der Waals surface area contributed by atoms with Crippen molar-refractivity contribution in [1.29, 1.82) is 0 Å². The summed E-state index contributed by atoms with van der Waals surface area (Å²) in [6.45, 7) is 12.5. The number of hydrogen-bond donors (Lipinski definition) is 3. The van der Waals surface area contributed by atoms with Gasteiger partial charge in [0, 0.05) is 92.3 Å². The summed E-state index contributed by atoms with van der Waals surface area (Å²) in [6, 6.07) is 13.3. The van der Waals surface area contributed by atoms with Crippen LogP contribution in [0.25, 0.3) is 0 Å². The van der Waals surface area contributed by atoms with Crippen molar-refractivity contribution in [1.82, 2.24) is 35.7 Å². The van der Waals surface area contributed by atoms with Gasteiger partial charge < -0.3 is 97.8 Å². The molecule has 0 aliphatic carbocycles. The average Bonchev–Trinajstić information content (AvgIpc) is 2.04. The molecular weight excluding hydrogens is 1250 g/mol. The number of hydrogen-bond acceptors (Lipinski definition) is 28. The average molecular weight is 1330 g/mol. The normalized spacial score (nSPS) is 17.5. The van der Waals surface area contributed by atoms with E-state index >= 15 is 0 Å². The number of carbonyl (C=O) groups is 2. The van der Waals surface area contributed by atoms with E-state index in [1.807, 2.05) is 24.4 Å². The molecule has 87 heavy (non-hydrogen) atoms. The number of pyridine rings is 2. The van der Waals surface area contributed by atoms with Crippen LogP contribution < -0.4 is 41.0 Å². The first-order valence-electron chi connectivity index (χ1n) is 28.9. The van der Waals surface area contributed by atoms with Gasteiger partial charge in [-0.3, -0.25) is 0 Å². The summed E-state index contributed by atoms with van der Waals surface area (Å²) >= 11 is 14.7. The summed E-state index contributed by atoms with van der Waals surface area (Å²) < 4.78 is 75.1. The van der Waals surface area contributed by atoms with Crippen LogP contribution in [0.3, 0.4) is 0 Å². The molecule has 4 aromatic rings. The Hall–Kier alpha value is -5.38. The number of fused-ring (bicyclic) bond motifs is 4. The van der Waals surface area contributed by atoms with Gasteiger partial charge in [-0.25, -0.2) is 19.6 Å². The number of anilines is 5. The quantitative estimate of drug-likeness (QED) is 0.0423. The molecule has 0 aromatic carbocycles. The highest BCUT2D eigenvalue weighted by Crippen LogP contribution is 2.39. The maximum Gasteiger partial charge on any atom is 0.331 e. The summed E-state index contributed by atoms with van der Waals surface area (Å²) in [5.41, 5.74) is 14.5. The van der Waals surface area contributed by atoms with Crippen LogP contribution in [0.1, 0.15) is 25.7 Å². The number of nitrogens with one attached hydrogen (secondary N) is 1. The zero-order chi connectivity index (χ0) is 61.7. The summed E-state index contributed by atoms with van der Waals surface area (Å²) in [4.78, 5) is 37.7. The fourth-order valence-corrected chi connectivity index (χ4v) is 10.1. The van der Waals surface area contributed by atoms with E-state index in [4.69, 9.17) is 91.5 Å². The number of methoxy groups -OCH3 is 2. The molecule has 0 spiro atoms. The summed E-state index contributed by atoms with van der Waals surface area (Å²) in [5, 5.41) is 19.0. The highest BCUT2D eigenvalue weighted by Gasteiger charge is 2.41. The Bertz CT molecular complexity index is 2560. The predicted octanol–water partition coefficient (Wildman–Crippen LogP) is 3.73. The molecule has 4 unspecified atom stereocenters. The third kappa shape index (κ3) is 26.7. The van der Waals surface area contributed by atoms with Gasteiger partial charge in [0.05, 0.1) is 143 Å². The zero-order valence-electron chi connectivity index (χ0n) is 49.5. The maximum absolute atomic E-state index is 10.9. The molecule has 4 bridgehead atoms. The Balaban J connectivity index is 0.000000246. The topological polar surface area (TPSA) is 314 Å². The van der Waals surface area contributed by atoms with Crippen molar-refractivity contribution in [3.05, 3.63) is 63.6 Å². The number of nitrogens with two attached hydrogens (primary N) is 2. The molecule has 0 radical (unpaired) electrons. The van der Waals surface area contributed by atoms with Crippen LogP contribution in [0.5, 0.6) is 11.8 Å². The van der Waals surface area contributed by atoms with Crippen LogP contribution in [0.15, 0.2) is 53.3 Å². The first-order valence-corrected chi connectivity index (χ1v) is 30.4. The molecule has 28 nitrogen and oxygen atoms in total. The van der Waals surface area contributed by atoms with Gasteiger partial charge in [0.1, 0.15) is 32.2 Å². The van der Waals surface area contributed by atoms with E-state index in [9.17, 15) is 9.59 Å². The second kappa shape index (κ2) is 41.8. The molecule has 4 atom stereocenters. The van der Waals surface area contributed by atoms with Gasteiger partial charge in [-0.2, -0.15) is 0 Å². The summed E-state index contributed by atoms with van der Waals surface area (Å²) in [6.07, 6.45) is 8.27. The third-order valence-electron chi connectivity index (χ3n) is 13.6. The highest BCUT2D eigenvalue weighted by molar-refractivity contribution is 9.10. The Morgan fingerprint density at radius 2 is 0.920 bits per heavy atom. The number of rotatable bonds is 39. The molecular formula is C56H83BrCl2N12O16.